The van der Waals surface area contributed by atoms with Crippen LogP contribution in [0, 0.1) is 0 Å². The molecule has 0 fully saturated rings. The molecule has 0 radical (unpaired) electrons. The Morgan fingerprint density at radius 3 is 0.866 bits per heavy atom. The van der Waals surface area contributed by atoms with Crippen molar-refractivity contribution in [1.82, 2.24) is 19.1 Å². The van der Waals surface area contributed by atoms with E-state index in [1.54, 1.807) is 0 Å². The van der Waals surface area contributed by atoms with E-state index in [2.05, 4.69) is 298 Å². The summed E-state index contributed by atoms with van der Waals surface area (Å²) in [6.45, 7) is 0. The Hall–Kier alpha value is -11.1. The molecule has 0 N–H and O–H groups in total. The van der Waals surface area contributed by atoms with Gasteiger partial charge in [-0.05, 0) is 155 Å². The van der Waals surface area contributed by atoms with E-state index in [0.29, 0.717) is 0 Å². The molecule has 384 valence electrons. The van der Waals surface area contributed by atoms with Gasteiger partial charge in [-0.1, -0.05) is 170 Å². The van der Waals surface area contributed by atoms with Gasteiger partial charge >= 0.3 is 0 Å². The van der Waals surface area contributed by atoms with Crippen molar-refractivity contribution >= 4 is 110 Å². The topological polar surface area (TPSA) is 42.1 Å². The predicted molar refractivity (Wildman–Crippen MR) is 343 cm³/mol. The van der Waals surface area contributed by atoms with Crippen LogP contribution in [-0.4, -0.2) is 19.1 Å². The zero-order valence-corrected chi connectivity index (χ0v) is 44.6. The Morgan fingerprint density at radius 1 is 0.232 bits per heavy atom. The molecule has 0 aliphatic carbocycles. The number of nitrogens with zero attached hydrogens (tertiary/aromatic N) is 6. The summed E-state index contributed by atoms with van der Waals surface area (Å²) < 4.78 is 4.74. The van der Waals surface area contributed by atoms with Gasteiger partial charge in [-0.15, -0.1) is 0 Å². The number of hydrogen-bond donors (Lipinski definition) is 0. The van der Waals surface area contributed by atoms with Crippen LogP contribution in [0.2, 0.25) is 0 Å². The minimum atomic E-state index is 0.817. The van der Waals surface area contributed by atoms with Crippen LogP contribution < -0.4 is 9.80 Å². The fraction of sp³-hybridized carbons (Fsp3) is 0. The lowest BCUT2D eigenvalue weighted by molar-refractivity contribution is 1.17. The number of rotatable bonds is 10. The van der Waals surface area contributed by atoms with Crippen molar-refractivity contribution in [1.29, 1.82) is 0 Å². The van der Waals surface area contributed by atoms with Gasteiger partial charge in [0, 0.05) is 78.2 Å². The van der Waals surface area contributed by atoms with E-state index in [-0.39, 0.29) is 0 Å². The second-order valence-electron chi connectivity index (χ2n) is 21.0. The molecule has 0 spiro atoms. The zero-order chi connectivity index (χ0) is 54.1. The third kappa shape index (κ3) is 7.95. The molecule has 16 rings (SSSR count). The van der Waals surface area contributed by atoms with E-state index < -0.39 is 0 Å². The highest BCUT2D eigenvalue weighted by Gasteiger charge is 2.21. The molecule has 0 aliphatic rings. The smallest absolute Gasteiger partial charge is 0.0973 e. The number of fused-ring (bicyclic) bond motifs is 9. The first-order chi connectivity index (χ1) is 40.6. The second-order valence-corrected chi connectivity index (χ2v) is 21.0. The molecule has 13 aromatic carbocycles. The maximum absolute atomic E-state index is 5.38. The standard InChI is InChI=1S/C76H50N6/c1-3-17-55-49-63(39-29-51(55)15-1)79(59-41-45-61(46-42-59)81-71-25-11-5-19-65(71)66-20-6-12-26-72(66)81)57-35-31-53(32-36-57)75-76(78-70-24-10-9-23-69(70)77-75)54-33-37-58(38-34-54)80(64-40-30-52-16-2-4-18-56(52)50-64)60-43-47-62(48-44-60)82-73-27-13-7-21-67(73)68-22-8-14-28-74(68)82/h1-50H. The van der Waals surface area contributed by atoms with Crippen LogP contribution in [0.25, 0.3) is 110 Å². The van der Waals surface area contributed by atoms with Gasteiger partial charge in [-0.2, -0.15) is 0 Å². The van der Waals surface area contributed by atoms with Crippen LogP contribution in [0.5, 0.6) is 0 Å². The van der Waals surface area contributed by atoms with E-state index in [0.717, 1.165) is 79.0 Å². The summed E-state index contributed by atoms with van der Waals surface area (Å²) in [7, 11) is 0. The van der Waals surface area contributed by atoms with E-state index in [4.69, 9.17) is 9.97 Å². The minimum Gasteiger partial charge on any atom is -0.310 e. The Bertz CT molecular complexity index is 4670. The maximum atomic E-state index is 5.38. The average Bonchev–Trinajstić information content (AvgIpc) is 4.22. The van der Waals surface area contributed by atoms with Crippen molar-refractivity contribution in [2.75, 3.05) is 9.80 Å². The van der Waals surface area contributed by atoms with Gasteiger partial charge < -0.3 is 18.9 Å². The zero-order valence-electron chi connectivity index (χ0n) is 44.6. The van der Waals surface area contributed by atoms with Gasteiger partial charge in [0.2, 0.25) is 0 Å². The molecule has 0 atom stereocenters. The summed E-state index contributed by atoms with van der Waals surface area (Å²) in [5.41, 5.74) is 18.5. The number of benzene rings is 13. The molecule has 0 bridgehead atoms. The van der Waals surface area contributed by atoms with Crippen LogP contribution in [0.3, 0.4) is 0 Å². The lowest BCUT2D eigenvalue weighted by atomic mass is 10.0. The SMILES string of the molecule is c1ccc2cc(N(c3ccc(-c4nc5ccccc5nc4-c4ccc(N(c5ccc(-n6c7ccccc7c7ccccc76)cc5)c5ccc6ccccc6c5)cc4)cc3)c3ccc(-n4c5ccccc5c5ccccc54)cc3)ccc2c1. The van der Waals surface area contributed by atoms with E-state index in [9.17, 15) is 0 Å². The van der Waals surface area contributed by atoms with Crippen LogP contribution in [0.1, 0.15) is 0 Å². The predicted octanol–water partition coefficient (Wildman–Crippen LogP) is 20.4. The summed E-state index contributed by atoms with van der Waals surface area (Å²) in [6.07, 6.45) is 0. The molecule has 0 aliphatic heterocycles. The molecular weight excluding hydrogens is 997 g/mol. The molecule has 82 heavy (non-hydrogen) atoms. The number of para-hydroxylation sites is 6. The number of hydrogen-bond acceptors (Lipinski definition) is 4. The van der Waals surface area contributed by atoms with Gasteiger partial charge in [0.1, 0.15) is 0 Å². The molecule has 0 unspecified atom stereocenters. The monoisotopic (exact) mass is 1050 g/mol. The van der Waals surface area contributed by atoms with Crippen LogP contribution in [-0.2, 0) is 0 Å². The van der Waals surface area contributed by atoms with Crippen molar-refractivity contribution in [3.8, 4) is 33.9 Å². The Morgan fingerprint density at radius 2 is 0.512 bits per heavy atom. The molecular formula is C76H50N6. The third-order valence-electron chi connectivity index (χ3n) is 16.2. The highest BCUT2D eigenvalue weighted by atomic mass is 15.1. The van der Waals surface area contributed by atoms with Crippen LogP contribution in [0.4, 0.5) is 34.1 Å². The minimum absolute atomic E-state index is 0.817. The van der Waals surface area contributed by atoms with Gasteiger partial charge in [-0.3, -0.25) is 0 Å². The Labute approximate surface area is 473 Å². The highest BCUT2D eigenvalue weighted by molar-refractivity contribution is 6.10. The lowest BCUT2D eigenvalue weighted by Crippen LogP contribution is -2.10. The summed E-state index contributed by atoms with van der Waals surface area (Å²) in [5, 5.41) is 9.74. The molecule has 6 heteroatoms. The Kier molecular flexibility index (Phi) is 11.1. The summed E-state index contributed by atoms with van der Waals surface area (Å²) in [4.78, 5) is 15.5. The fourth-order valence-electron chi connectivity index (χ4n) is 12.4. The molecule has 16 aromatic rings. The van der Waals surface area contributed by atoms with Crippen molar-refractivity contribution in [3.05, 3.63) is 303 Å². The van der Waals surface area contributed by atoms with E-state index in [1.807, 2.05) is 24.3 Å². The molecule has 0 saturated heterocycles. The average molecular weight is 1050 g/mol. The van der Waals surface area contributed by atoms with Crippen LogP contribution >= 0.6 is 0 Å². The van der Waals surface area contributed by atoms with E-state index in [1.165, 1.54) is 65.2 Å². The van der Waals surface area contributed by atoms with E-state index >= 15 is 0 Å². The first-order valence-electron chi connectivity index (χ1n) is 27.9. The summed E-state index contributed by atoms with van der Waals surface area (Å²) >= 11 is 0. The summed E-state index contributed by atoms with van der Waals surface area (Å²) in [5.74, 6) is 0. The Balaban J connectivity index is 0.777. The first kappa shape index (κ1) is 47.0. The van der Waals surface area contributed by atoms with Crippen molar-refractivity contribution in [3.63, 3.8) is 0 Å². The normalized spacial score (nSPS) is 11.7. The molecule has 0 amide bonds. The summed E-state index contributed by atoms with van der Waals surface area (Å²) in [6, 6.07) is 109. The molecule has 3 heterocycles. The van der Waals surface area contributed by atoms with Crippen LogP contribution in [0.15, 0.2) is 303 Å². The lowest BCUT2D eigenvalue weighted by Gasteiger charge is -2.27. The van der Waals surface area contributed by atoms with Crippen molar-refractivity contribution < 1.29 is 0 Å². The van der Waals surface area contributed by atoms with Gasteiger partial charge in [-0.25, -0.2) is 9.97 Å². The van der Waals surface area contributed by atoms with Gasteiger partial charge in [0.15, 0.2) is 0 Å². The highest BCUT2D eigenvalue weighted by Crippen LogP contribution is 2.43. The second kappa shape index (κ2) is 19.4. The first-order valence-corrected chi connectivity index (χ1v) is 27.9. The molecule has 6 nitrogen and oxygen atoms in total. The quantitative estimate of drug-likeness (QED) is 0.137. The largest absolute Gasteiger partial charge is 0.310 e. The van der Waals surface area contributed by atoms with Gasteiger partial charge in [0.25, 0.3) is 0 Å². The molecule has 3 aromatic heterocycles. The van der Waals surface area contributed by atoms with Crippen molar-refractivity contribution in [2.24, 2.45) is 0 Å². The van der Waals surface area contributed by atoms with Gasteiger partial charge in [0.05, 0.1) is 44.5 Å². The fourth-order valence-corrected chi connectivity index (χ4v) is 12.4. The maximum Gasteiger partial charge on any atom is 0.0973 e. The number of anilines is 6. The number of aromatic nitrogens is 4. The van der Waals surface area contributed by atoms with Crippen molar-refractivity contribution in [2.45, 2.75) is 0 Å². The molecule has 0 saturated carbocycles. The third-order valence-corrected chi connectivity index (χ3v) is 16.2.